The molecule has 0 saturated heterocycles. The smallest absolute Gasteiger partial charge is 0.274 e. The number of carbonyl (C=O) groups excluding carboxylic acids is 1. The number of rotatable bonds is 11. The van der Waals surface area contributed by atoms with Crippen molar-refractivity contribution in [1.29, 1.82) is 0 Å². The summed E-state index contributed by atoms with van der Waals surface area (Å²) in [5.41, 5.74) is 7.82. The predicted molar refractivity (Wildman–Crippen MR) is 140 cm³/mol. The molecule has 0 spiro atoms. The van der Waals surface area contributed by atoms with Crippen LogP contribution < -0.4 is 41.7 Å². The zero-order valence-corrected chi connectivity index (χ0v) is 21.0. The van der Waals surface area contributed by atoms with E-state index < -0.39 is 16.8 Å². The fourth-order valence-electron chi connectivity index (χ4n) is 3.50. The summed E-state index contributed by atoms with van der Waals surface area (Å²) in [7, 11) is 5.23. The van der Waals surface area contributed by atoms with E-state index in [9.17, 15) is 14.4 Å². The van der Waals surface area contributed by atoms with Crippen LogP contribution in [0.15, 0.2) is 52.2 Å². The van der Waals surface area contributed by atoms with Gasteiger partial charge in [0.15, 0.2) is 0 Å². The molecule has 192 valence electrons. The number of fused-ring (bicyclic) bond motifs is 1. The molecule has 4 rings (SSSR count). The summed E-state index contributed by atoms with van der Waals surface area (Å²) in [6, 6.07) is 9.55. The molecule has 3 aromatic carbocycles. The number of likely N-dealkylation sites (N-methyl/N-ethyl adjacent to an activating group) is 1. The number of nitrogens with zero attached hydrogens (tertiary/aromatic N) is 2. The number of halogens is 1. The second kappa shape index (κ2) is 10.8. The normalized spacial score (nSPS) is 11.2. The van der Waals surface area contributed by atoms with Gasteiger partial charge in [-0.15, -0.1) is 0 Å². The Morgan fingerprint density at radius 2 is 1.89 bits per heavy atom. The molecule has 0 aliphatic rings. The fraction of sp³-hybridized carbons (Fsp3) is 0.200. The van der Waals surface area contributed by atoms with Crippen molar-refractivity contribution >= 4 is 39.8 Å². The van der Waals surface area contributed by atoms with Crippen LogP contribution in [0.1, 0.15) is 10.4 Å². The number of anilines is 2. The second-order valence-corrected chi connectivity index (χ2v) is 8.68. The highest BCUT2D eigenvalue weighted by Crippen LogP contribution is 2.36. The summed E-state index contributed by atoms with van der Waals surface area (Å²) >= 11 is 6.43. The highest BCUT2D eigenvalue weighted by Gasteiger charge is 2.24. The topological polar surface area (TPSA) is 145 Å². The zero-order valence-electron chi connectivity index (χ0n) is 20.3. The van der Waals surface area contributed by atoms with E-state index >= 15 is 0 Å². The molecule has 0 radical (unpaired) electrons. The minimum absolute atomic E-state index is 0.00553. The maximum Gasteiger partial charge on any atom is 0.274 e. The van der Waals surface area contributed by atoms with Crippen molar-refractivity contribution in [3.8, 4) is 23.0 Å². The van der Waals surface area contributed by atoms with Gasteiger partial charge in [0.1, 0.15) is 22.9 Å². The number of hydroxylamine groups is 1. The van der Waals surface area contributed by atoms with Crippen LogP contribution in [0.2, 0.25) is 5.02 Å². The van der Waals surface area contributed by atoms with Crippen molar-refractivity contribution in [3.05, 3.63) is 73.6 Å². The molecule has 4 aromatic rings. The van der Waals surface area contributed by atoms with Crippen molar-refractivity contribution in [1.82, 2.24) is 15.4 Å². The van der Waals surface area contributed by atoms with Crippen LogP contribution in [0, 0.1) is 0 Å². The third kappa shape index (κ3) is 5.48. The molecule has 0 aliphatic carbocycles. The third-order valence-corrected chi connectivity index (χ3v) is 5.73. The molecule has 4 N–H and O–H groups in total. The summed E-state index contributed by atoms with van der Waals surface area (Å²) in [6.07, 6.45) is 1.55. The van der Waals surface area contributed by atoms with Gasteiger partial charge >= 0.3 is 0 Å². The molecule has 12 heteroatoms. The van der Waals surface area contributed by atoms with Crippen molar-refractivity contribution in [2.75, 3.05) is 39.6 Å². The lowest BCUT2D eigenvalue weighted by molar-refractivity contribution is 0.0997. The van der Waals surface area contributed by atoms with Crippen molar-refractivity contribution < 1.29 is 19.1 Å². The molecule has 0 saturated carbocycles. The van der Waals surface area contributed by atoms with E-state index in [0.717, 1.165) is 0 Å². The lowest BCUT2D eigenvalue weighted by Gasteiger charge is -2.16. The Bertz CT molecular complexity index is 1550. The number of hydrogen-bond acceptors (Lipinski definition) is 10. The maximum absolute atomic E-state index is 12.1. The molecule has 0 fully saturated rings. The monoisotopic (exact) mass is 525 g/mol. The molecular weight excluding hydrogens is 502 g/mol. The summed E-state index contributed by atoms with van der Waals surface area (Å²) in [5, 5.41) is 3.63. The van der Waals surface area contributed by atoms with Crippen LogP contribution >= 0.6 is 11.6 Å². The lowest BCUT2D eigenvalue weighted by Crippen LogP contribution is -2.39. The first-order valence-electron chi connectivity index (χ1n) is 11.1. The Morgan fingerprint density at radius 1 is 1.11 bits per heavy atom. The van der Waals surface area contributed by atoms with Gasteiger partial charge in [-0.3, -0.25) is 19.4 Å². The molecule has 1 heterocycles. The molecule has 0 bridgehead atoms. The van der Waals surface area contributed by atoms with E-state index in [4.69, 9.17) is 31.6 Å². The number of carbonyl (C=O) groups is 1. The highest BCUT2D eigenvalue weighted by molar-refractivity contribution is 6.33. The van der Waals surface area contributed by atoms with E-state index in [1.54, 1.807) is 36.5 Å². The van der Waals surface area contributed by atoms with Gasteiger partial charge in [-0.05, 0) is 38.4 Å². The average Bonchev–Trinajstić information content (AvgIpc) is 2.87. The minimum atomic E-state index is -0.729. The Kier molecular flexibility index (Phi) is 7.58. The number of benzene rings is 2. The number of aromatic nitrogens is 1. The van der Waals surface area contributed by atoms with Gasteiger partial charge in [0.25, 0.3) is 16.8 Å². The molecule has 37 heavy (non-hydrogen) atoms. The number of nitrogens with one attached hydrogen (secondary N) is 2. The summed E-state index contributed by atoms with van der Waals surface area (Å²) in [4.78, 5) is 47.4. The Labute approximate surface area is 216 Å². The van der Waals surface area contributed by atoms with Gasteiger partial charge in [-0.2, -0.15) is 5.48 Å². The zero-order chi connectivity index (χ0) is 26.7. The van der Waals surface area contributed by atoms with E-state index in [-0.39, 0.29) is 22.0 Å². The number of hydrogen-bond donors (Lipinski definition) is 3. The first-order chi connectivity index (χ1) is 17.7. The minimum Gasteiger partial charge on any atom is -0.496 e. The SMILES string of the molecule is COc1cc2nccc(Oc3ccc(Nc4c(ONCCN(C)C)c(=O)c4=O)c(Cl)c3)c2cc1C(N)=O. The van der Waals surface area contributed by atoms with E-state index in [1.165, 1.54) is 13.2 Å². The van der Waals surface area contributed by atoms with Gasteiger partial charge in [0.05, 0.1) is 28.9 Å². The molecule has 1 aromatic heterocycles. The standard InChI is InChI=1S/C25H24ClN5O6/c1-31(2)9-8-29-37-24-21(22(32)23(24)33)30-17-5-4-13(10-16(17)26)36-19-6-7-28-18-12-20(35-3)15(25(27)34)11-14(18)19/h4-7,10-12,29-30H,8-9H2,1-3H3,(H2,27,34). The van der Waals surface area contributed by atoms with Gasteiger partial charge in [-0.25, -0.2) is 0 Å². The Morgan fingerprint density at radius 3 is 2.57 bits per heavy atom. The Balaban J connectivity index is 1.54. The van der Waals surface area contributed by atoms with Gasteiger partial charge in [0, 0.05) is 36.8 Å². The first kappa shape index (κ1) is 25.9. The van der Waals surface area contributed by atoms with Crippen LogP contribution in [0.3, 0.4) is 0 Å². The summed E-state index contributed by atoms with van der Waals surface area (Å²) < 4.78 is 11.2. The van der Waals surface area contributed by atoms with Crippen LogP contribution in [0.5, 0.6) is 23.0 Å². The third-order valence-electron chi connectivity index (χ3n) is 5.42. The molecule has 1 amide bonds. The van der Waals surface area contributed by atoms with Crippen molar-refractivity contribution in [2.24, 2.45) is 5.73 Å². The van der Waals surface area contributed by atoms with Crippen LogP contribution in [0.25, 0.3) is 10.9 Å². The summed E-state index contributed by atoms with van der Waals surface area (Å²) in [6.45, 7) is 1.13. The van der Waals surface area contributed by atoms with Crippen LogP contribution in [0.4, 0.5) is 11.4 Å². The van der Waals surface area contributed by atoms with Gasteiger partial charge in [0.2, 0.25) is 5.75 Å². The van der Waals surface area contributed by atoms with Crippen LogP contribution in [-0.4, -0.2) is 50.1 Å². The van der Waals surface area contributed by atoms with Gasteiger partial charge in [-0.1, -0.05) is 11.6 Å². The largest absolute Gasteiger partial charge is 0.496 e. The lowest BCUT2D eigenvalue weighted by atomic mass is 10.1. The number of pyridine rings is 1. The number of primary amides is 1. The van der Waals surface area contributed by atoms with E-state index in [0.29, 0.717) is 46.9 Å². The average molecular weight is 526 g/mol. The fourth-order valence-corrected chi connectivity index (χ4v) is 3.71. The van der Waals surface area contributed by atoms with Crippen molar-refractivity contribution in [3.63, 3.8) is 0 Å². The number of amides is 1. The molecule has 0 aliphatic heterocycles. The van der Waals surface area contributed by atoms with Crippen LogP contribution in [-0.2, 0) is 0 Å². The number of ether oxygens (including phenoxy) is 2. The predicted octanol–water partition coefficient (Wildman–Crippen LogP) is 2.57. The second-order valence-electron chi connectivity index (χ2n) is 8.27. The summed E-state index contributed by atoms with van der Waals surface area (Å²) in [5.74, 6) is 0.337. The number of methoxy groups -OCH3 is 1. The molecule has 0 atom stereocenters. The quantitative estimate of drug-likeness (QED) is 0.152. The van der Waals surface area contributed by atoms with Crippen molar-refractivity contribution in [2.45, 2.75) is 0 Å². The number of nitrogens with two attached hydrogens (primary N) is 1. The first-order valence-corrected chi connectivity index (χ1v) is 11.5. The Hall–Kier alpha value is -4.19. The maximum atomic E-state index is 12.1. The van der Waals surface area contributed by atoms with Gasteiger partial charge < -0.3 is 30.3 Å². The highest BCUT2D eigenvalue weighted by atomic mass is 35.5. The van der Waals surface area contributed by atoms with E-state index in [1.807, 2.05) is 19.0 Å². The molecular formula is C25H24ClN5O6. The molecule has 11 nitrogen and oxygen atoms in total. The van der Waals surface area contributed by atoms with E-state index in [2.05, 4.69) is 15.8 Å². The molecule has 0 unspecified atom stereocenters.